The van der Waals surface area contributed by atoms with Gasteiger partial charge in [0.15, 0.2) is 0 Å². The highest BCUT2D eigenvalue weighted by Crippen LogP contribution is 2.25. The van der Waals surface area contributed by atoms with Gasteiger partial charge >= 0.3 is 0 Å². The maximum absolute atomic E-state index is 12.8. The van der Waals surface area contributed by atoms with Crippen molar-refractivity contribution >= 4 is 21.6 Å². The monoisotopic (exact) mass is 378 g/mol. The molecule has 0 aliphatic carbocycles. The van der Waals surface area contributed by atoms with E-state index in [1.807, 2.05) is 0 Å². The van der Waals surface area contributed by atoms with Gasteiger partial charge in [0.05, 0.1) is 5.02 Å². The summed E-state index contributed by atoms with van der Waals surface area (Å²) >= 11 is 6.08. The minimum Gasteiger partial charge on any atom is -0.296 e. The van der Waals surface area contributed by atoms with Gasteiger partial charge < -0.3 is 0 Å². The molecule has 2 aromatic carbocycles. The van der Waals surface area contributed by atoms with E-state index in [0.29, 0.717) is 13.1 Å². The molecule has 0 aromatic heterocycles. The molecule has 0 atom stereocenters. The Morgan fingerprint density at radius 2 is 1.68 bits per heavy atom. The van der Waals surface area contributed by atoms with E-state index in [9.17, 15) is 8.42 Å². The van der Waals surface area contributed by atoms with Gasteiger partial charge in [-0.05, 0) is 37.1 Å². The first kappa shape index (κ1) is 18.4. The van der Waals surface area contributed by atoms with E-state index in [0.717, 1.165) is 19.6 Å². The van der Waals surface area contributed by atoms with Crippen LogP contribution in [0.4, 0.5) is 0 Å². The van der Waals surface area contributed by atoms with E-state index in [1.54, 1.807) is 24.3 Å². The summed E-state index contributed by atoms with van der Waals surface area (Å²) in [6.07, 6.45) is 0. The topological polar surface area (TPSA) is 40.6 Å². The first-order valence-electron chi connectivity index (χ1n) is 8.41. The fraction of sp³-hybridized carbons (Fsp3) is 0.368. The molecule has 0 saturated carbocycles. The zero-order valence-electron chi connectivity index (χ0n) is 14.6. The lowest BCUT2D eigenvalue weighted by Crippen LogP contribution is -2.48. The van der Waals surface area contributed by atoms with Crippen LogP contribution in [0.2, 0.25) is 5.02 Å². The average Bonchev–Trinajstić information content (AvgIpc) is 2.59. The summed E-state index contributed by atoms with van der Waals surface area (Å²) in [7, 11) is -3.53. The molecule has 1 aliphatic heterocycles. The van der Waals surface area contributed by atoms with E-state index in [-0.39, 0.29) is 9.92 Å². The molecular formula is C19H23ClN2O2S. The minimum absolute atomic E-state index is 0.194. The van der Waals surface area contributed by atoms with Crippen molar-refractivity contribution in [3.63, 3.8) is 0 Å². The quantitative estimate of drug-likeness (QED) is 0.818. The lowest BCUT2D eigenvalue weighted by molar-refractivity contribution is 0.181. The Balaban J connectivity index is 1.68. The SMILES string of the molecule is Cc1ccc(C)c(CN2CCN(S(=O)(=O)c3ccccc3Cl)CC2)c1. The van der Waals surface area contributed by atoms with E-state index >= 15 is 0 Å². The molecule has 2 aromatic rings. The van der Waals surface area contributed by atoms with Gasteiger partial charge in [-0.2, -0.15) is 4.31 Å². The van der Waals surface area contributed by atoms with Crippen molar-refractivity contribution < 1.29 is 8.42 Å². The first-order chi connectivity index (χ1) is 11.9. The molecule has 1 heterocycles. The third-order valence-electron chi connectivity index (χ3n) is 4.68. The molecule has 1 saturated heterocycles. The smallest absolute Gasteiger partial charge is 0.244 e. The number of nitrogens with zero attached hydrogens (tertiary/aromatic N) is 2. The second-order valence-corrected chi connectivity index (χ2v) is 8.85. The third-order valence-corrected chi connectivity index (χ3v) is 7.08. The summed E-state index contributed by atoms with van der Waals surface area (Å²) < 4.78 is 27.1. The van der Waals surface area contributed by atoms with E-state index < -0.39 is 10.0 Å². The highest BCUT2D eigenvalue weighted by atomic mass is 35.5. The molecule has 0 N–H and O–H groups in total. The molecule has 1 aliphatic rings. The second-order valence-electron chi connectivity index (χ2n) is 6.54. The number of hydrogen-bond acceptors (Lipinski definition) is 3. The van der Waals surface area contributed by atoms with Gasteiger partial charge in [0.2, 0.25) is 10.0 Å². The van der Waals surface area contributed by atoms with Crippen molar-refractivity contribution in [3.05, 3.63) is 64.2 Å². The summed E-state index contributed by atoms with van der Waals surface area (Å²) in [6.45, 7) is 7.47. The lowest BCUT2D eigenvalue weighted by atomic mass is 10.1. The summed E-state index contributed by atoms with van der Waals surface area (Å²) in [5.41, 5.74) is 3.83. The second kappa shape index (κ2) is 7.46. The van der Waals surface area contributed by atoms with Gasteiger partial charge in [0.25, 0.3) is 0 Å². The van der Waals surface area contributed by atoms with Crippen molar-refractivity contribution in [2.24, 2.45) is 0 Å². The Hall–Kier alpha value is -1.40. The van der Waals surface area contributed by atoms with Crippen LogP contribution in [0.25, 0.3) is 0 Å². The van der Waals surface area contributed by atoms with Crippen LogP contribution in [-0.4, -0.2) is 43.8 Å². The van der Waals surface area contributed by atoms with Crippen molar-refractivity contribution in [2.45, 2.75) is 25.3 Å². The van der Waals surface area contributed by atoms with Crippen molar-refractivity contribution in [2.75, 3.05) is 26.2 Å². The summed E-state index contributed by atoms with van der Waals surface area (Å²) in [5.74, 6) is 0. The zero-order chi connectivity index (χ0) is 18.0. The molecule has 0 spiro atoms. The Morgan fingerprint density at radius 1 is 1.00 bits per heavy atom. The minimum atomic E-state index is -3.53. The summed E-state index contributed by atoms with van der Waals surface area (Å²) in [4.78, 5) is 2.50. The zero-order valence-corrected chi connectivity index (χ0v) is 16.1. The number of sulfonamides is 1. The fourth-order valence-electron chi connectivity index (χ4n) is 3.13. The number of halogens is 1. The van der Waals surface area contributed by atoms with Gasteiger partial charge in [-0.15, -0.1) is 0 Å². The van der Waals surface area contributed by atoms with Gasteiger partial charge in [-0.1, -0.05) is 47.5 Å². The number of benzene rings is 2. The number of aryl methyl sites for hydroxylation is 2. The molecule has 1 fully saturated rings. The molecule has 4 nitrogen and oxygen atoms in total. The largest absolute Gasteiger partial charge is 0.296 e. The normalized spacial score (nSPS) is 16.9. The fourth-order valence-corrected chi connectivity index (χ4v) is 5.05. The van der Waals surface area contributed by atoms with Crippen LogP contribution in [0.3, 0.4) is 0 Å². The standard InChI is InChI=1S/C19H23ClN2O2S/c1-15-7-8-16(2)17(13-15)14-21-9-11-22(12-10-21)25(23,24)19-6-4-3-5-18(19)20/h3-8,13H,9-12,14H2,1-2H3. The molecular weight excluding hydrogens is 356 g/mol. The van der Waals surface area contributed by atoms with Crippen LogP contribution < -0.4 is 0 Å². The van der Waals surface area contributed by atoms with Gasteiger partial charge in [-0.25, -0.2) is 8.42 Å². The van der Waals surface area contributed by atoms with Crippen molar-refractivity contribution in [3.8, 4) is 0 Å². The molecule has 0 unspecified atom stereocenters. The summed E-state index contributed by atoms with van der Waals surface area (Å²) in [5, 5.41) is 0.278. The predicted octanol–water partition coefficient (Wildman–Crippen LogP) is 3.46. The number of hydrogen-bond donors (Lipinski definition) is 0. The van der Waals surface area contributed by atoms with Gasteiger partial charge in [0, 0.05) is 32.7 Å². The van der Waals surface area contributed by atoms with Crippen LogP contribution in [0, 0.1) is 13.8 Å². The summed E-state index contributed by atoms with van der Waals surface area (Å²) in [6, 6.07) is 13.1. The molecule has 3 rings (SSSR count). The molecule has 0 radical (unpaired) electrons. The van der Waals surface area contributed by atoms with Crippen LogP contribution in [0.1, 0.15) is 16.7 Å². The van der Waals surface area contributed by atoms with Crippen molar-refractivity contribution in [1.82, 2.24) is 9.21 Å². The average molecular weight is 379 g/mol. The number of piperazine rings is 1. The van der Waals surface area contributed by atoms with Crippen LogP contribution >= 0.6 is 11.6 Å². The third kappa shape index (κ3) is 4.06. The number of rotatable bonds is 4. The van der Waals surface area contributed by atoms with Crippen molar-refractivity contribution in [1.29, 1.82) is 0 Å². The molecule has 134 valence electrons. The maximum Gasteiger partial charge on any atom is 0.244 e. The maximum atomic E-state index is 12.8. The Kier molecular flexibility index (Phi) is 5.49. The Morgan fingerprint density at radius 3 is 2.36 bits per heavy atom. The van der Waals surface area contributed by atoms with E-state index in [2.05, 4.69) is 36.9 Å². The van der Waals surface area contributed by atoms with Gasteiger partial charge in [-0.3, -0.25) is 4.90 Å². The highest BCUT2D eigenvalue weighted by molar-refractivity contribution is 7.89. The lowest BCUT2D eigenvalue weighted by Gasteiger charge is -2.34. The molecule has 25 heavy (non-hydrogen) atoms. The van der Waals surface area contributed by atoms with Crippen LogP contribution in [0.15, 0.2) is 47.4 Å². The Labute approximate surface area is 155 Å². The van der Waals surface area contributed by atoms with E-state index in [1.165, 1.54) is 21.0 Å². The predicted molar refractivity (Wildman–Crippen MR) is 101 cm³/mol. The molecule has 0 bridgehead atoms. The first-order valence-corrected chi connectivity index (χ1v) is 10.2. The van der Waals surface area contributed by atoms with Crippen LogP contribution in [-0.2, 0) is 16.6 Å². The van der Waals surface area contributed by atoms with Gasteiger partial charge in [0.1, 0.15) is 4.90 Å². The Bertz CT molecular complexity index is 859. The highest BCUT2D eigenvalue weighted by Gasteiger charge is 2.29. The molecule has 6 heteroatoms. The molecule has 0 amide bonds. The van der Waals surface area contributed by atoms with E-state index in [4.69, 9.17) is 11.6 Å². The van der Waals surface area contributed by atoms with Crippen LogP contribution in [0.5, 0.6) is 0 Å².